The van der Waals surface area contributed by atoms with Crippen LogP contribution in [0.2, 0.25) is 0 Å². The third-order valence-corrected chi connectivity index (χ3v) is 3.44. The number of amides is 1. The second-order valence-electron chi connectivity index (χ2n) is 4.61. The molecule has 1 aliphatic rings. The number of hydrogen-bond donors (Lipinski definition) is 1. The van der Waals surface area contributed by atoms with Crippen molar-refractivity contribution in [1.29, 1.82) is 0 Å². The average Bonchev–Trinajstić information content (AvgIpc) is 2.82. The third kappa shape index (κ3) is 1.95. The molecule has 2 aromatic rings. The number of ether oxygens (including phenoxy) is 1. The van der Waals surface area contributed by atoms with Crippen LogP contribution >= 0.6 is 0 Å². The molecule has 4 nitrogen and oxygen atoms in total. The fourth-order valence-corrected chi connectivity index (χ4v) is 2.37. The van der Waals surface area contributed by atoms with E-state index in [9.17, 15) is 4.79 Å². The van der Waals surface area contributed by atoms with Gasteiger partial charge in [0.15, 0.2) is 0 Å². The quantitative estimate of drug-likeness (QED) is 0.850. The monoisotopic (exact) mass is 266 g/mol. The Hall–Kier alpha value is -2.62. The lowest BCUT2D eigenvalue weighted by atomic mass is 9.97. The SMILES string of the molecule is COc1ccc2c(c1)/C(=C(\C)c1cccnc1)C(=O)N2. The van der Waals surface area contributed by atoms with E-state index < -0.39 is 0 Å². The lowest BCUT2D eigenvalue weighted by Gasteiger charge is -2.07. The third-order valence-electron chi connectivity index (χ3n) is 3.44. The van der Waals surface area contributed by atoms with Crippen molar-refractivity contribution in [3.8, 4) is 5.75 Å². The van der Waals surface area contributed by atoms with Crippen LogP contribution in [0.5, 0.6) is 5.75 Å². The zero-order valence-corrected chi connectivity index (χ0v) is 11.3. The molecule has 0 atom stereocenters. The summed E-state index contributed by atoms with van der Waals surface area (Å²) >= 11 is 0. The van der Waals surface area contributed by atoms with Gasteiger partial charge in [-0.05, 0) is 42.3 Å². The molecule has 100 valence electrons. The van der Waals surface area contributed by atoms with Gasteiger partial charge in [0.25, 0.3) is 5.91 Å². The van der Waals surface area contributed by atoms with Crippen LogP contribution in [0.3, 0.4) is 0 Å². The van der Waals surface area contributed by atoms with Crippen LogP contribution in [-0.2, 0) is 4.79 Å². The molecule has 0 saturated carbocycles. The van der Waals surface area contributed by atoms with Crippen LogP contribution in [0, 0.1) is 0 Å². The molecule has 0 fully saturated rings. The molecule has 0 bridgehead atoms. The number of nitrogens with one attached hydrogen (secondary N) is 1. The zero-order chi connectivity index (χ0) is 14.1. The smallest absolute Gasteiger partial charge is 0.256 e. The molecule has 1 N–H and O–H groups in total. The lowest BCUT2D eigenvalue weighted by Crippen LogP contribution is -2.05. The van der Waals surface area contributed by atoms with Gasteiger partial charge in [0.2, 0.25) is 0 Å². The number of methoxy groups -OCH3 is 1. The van der Waals surface area contributed by atoms with Gasteiger partial charge in [-0.3, -0.25) is 9.78 Å². The molecular weight excluding hydrogens is 252 g/mol. The number of carbonyl (C=O) groups excluding carboxylic acids is 1. The van der Waals surface area contributed by atoms with E-state index in [0.717, 1.165) is 28.1 Å². The Morgan fingerprint density at radius 3 is 2.85 bits per heavy atom. The summed E-state index contributed by atoms with van der Waals surface area (Å²) in [6, 6.07) is 9.37. The summed E-state index contributed by atoms with van der Waals surface area (Å²) in [5, 5.41) is 2.88. The maximum atomic E-state index is 12.2. The predicted molar refractivity (Wildman–Crippen MR) is 78.3 cm³/mol. The van der Waals surface area contributed by atoms with E-state index in [1.165, 1.54) is 0 Å². The molecule has 2 heterocycles. The topological polar surface area (TPSA) is 51.2 Å². The van der Waals surface area contributed by atoms with E-state index in [2.05, 4.69) is 10.3 Å². The molecule has 1 aliphatic heterocycles. The van der Waals surface area contributed by atoms with Crippen molar-refractivity contribution in [2.45, 2.75) is 6.92 Å². The second kappa shape index (κ2) is 4.81. The van der Waals surface area contributed by atoms with Gasteiger partial charge >= 0.3 is 0 Å². The number of carbonyl (C=O) groups is 1. The van der Waals surface area contributed by atoms with Gasteiger partial charge in [0.05, 0.1) is 12.7 Å². The molecule has 1 aromatic heterocycles. The Morgan fingerprint density at radius 2 is 2.15 bits per heavy atom. The molecule has 0 saturated heterocycles. The molecule has 20 heavy (non-hydrogen) atoms. The molecule has 0 radical (unpaired) electrons. The van der Waals surface area contributed by atoms with Gasteiger partial charge in [0.1, 0.15) is 5.75 Å². The van der Waals surface area contributed by atoms with Gasteiger partial charge in [-0.15, -0.1) is 0 Å². The largest absolute Gasteiger partial charge is 0.497 e. The number of nitrogens with zero attached hydrogens (tertiary/aromatic N) is 1. The summed E-state index contributed by atoms with van der Waals surface area (Å²) in [7, 11) is 1.61. The van der Waals surface area contributed by atoms with Crippen LogP contribution in [0.4, 0.5) is 5.69 Å². The first-order chi connectivity index (χ1) is 9.70. The summed E-state index contributed by atoms with van der Waals surface area (Å²) < 4.78 is 5.23. The number of rotatable bonds is 2. The lowest BCUT2D eigenvalue weighted by molar-refractivity contribution is -0.110. The number of anilines is 1. The van der Waals surface area contributed by atoms with Gasteiger partial charge in [-0.2, -0.15) is 0 Å². The van der Waals surface area contributed by atoms with E-state index in [-0.39, 0.29) is 5.91 Å². The van der Waals surface area contributed by atoms with Crippen molar-refractivity contribution in [2.75, 3.05) is 12.4 Å². The zero-order valence-electron chi connectivity index (χ0n) is 11.3. The predicted octanol–water partition coefficient (Wildman–Crippen LogP) is 2.97. The minimum atomic E-state index is -0.0883. The first kappa shape index (κ1) is 12.4. The minimum Gasteiger partial charge on any atom is -0.497 e. The molecule has 1 aromatic carbocycles. The molecule has 4 heteroatoms. The summed E-state index contributed by atoms with van der Waals surface area (Å²) in [6.07, 6.45) is 3.47. The Kier molecular flexibility index (Phi) is 2.99. The van der Waals surface area contributed by atoms with Crippen molar-refractivity contribution in [3.05, 3.63) is 53.9 Å². The van der Waals surface area contributed by atoms with E-state index >= 15 is 0 Å². The number of fused-ring (bicyclic) bond motifs is 1. The van der Waals surface area contributed by atoms with E-state index in [1.54, 1.807) is 19.5 Å². The van der Waals surface area contributed by atoms with Gasteiger partial charge < -0.3 is 10.1 Å². The van der Waals surface area contributed by atoms with Crippen molar-refractivity contribution < 1.29 is 9.53 Å². The highest BCUT2D eigenvalue weighted by atomic mass is 16.5. The Labute approximate surface area is 117 Å². The van der Waals surface area contributed by atoms with Crippen LogP contribution in [-0.4, -0.2) is 18.0 Å². The minimum absolute atomic E-state index is 0.0883. The van der Waals surface area contributed by atoms with Crippen molar-refractivity contribution >= 4 is 22.7 Å². The number of allylic oxidation sites excluding steroid dienone is 1. The number of hydrogen-bond acceptors (Lipinski definition) is 3. The Morgan fingerprint density at radius 1 is 1.30 bits per heavy atom. The molecule has 0 unspecified atom stereocenters. The molecule has 1 amide bonds. The Bertz CT molecular complexity index is 706. The summed E-state index contributed by atoms with van der Waals surface area (Å²) in [4.78, 5) is 16.3. The number of pyridine rings is 1. The van der Waals surface area contributed by atoms with Crippen LogP contribution in [0.25, 0.3) is 11.1 Å². The standard InChI is InChI=1S/C16H14N2O2/c1-10(11-4-3-7-17-9-11)15-13-8-12(20-2)5-6-14(13)18-16(15)19/h3-9H,1-2H3,(H,18,19)/b15-10-. The van der Waals surface area contributed by atoms with E-state index in [0.29, 0.717) is 5.57 Å². The highest BCUT2D eigenvalue weighted by molar-refractivity contribution is 6.36. The molecule has 3 rings (SSSR count). The Balaban J connectivity index is 2.18. The van der Waals surface area contributed by atoms with Gasteiger partial charge in [0, 0.05) is 23.6 Å². The van der Waals surface area contributed by atoms with Crippen molar-refractivity contribution in [2.24, 2.45) is 0 Å². The first-order valence-corrected chi connectivity index (χ1v) is 6.31. The van der Waals surface area contributed by atoms with Gasteiger partial charge in [-0.1, -0.05) is 6.07 Å². The highest BCUT2D eigenvalue weighted by Gasteiger charge is 2.26. The van der Waals surface area contributed by atoms with Crippen LogP contribution in [0.15, 0.2) is 42.7 Å². The van der Waals surface area contributed by atoms with E-state index in [1.807, 2.05) is 37.3 Å². The first-order valence-electron chi connectivity index (χ1n) is 6.31. The summed E-state index contributed by atoms with van der Waals surface area (Å²) in [5.41, 5.74) is 4.20. The van der Waals surface area contributed by atoms with Crippen molar-refractivity contribution in [1.82, 2.24) is 4.98 Å². The molecular formula is C16H14N2O2. The fraction of sp³-hybridized carbons (Fsp3) is 0.125. The highest BCUT2D eigenvalue weighted by Crippen LogP contribution is 2.38. The normalized spacial score (nSPS) is 15.6. The average molecular weight is 266 g/mol. The van der Waals surface area contributed by atoms with Crippen LogP contribution in [0.1, 0.15) is 18.1 Å². The van der Waals surface area contributed by atoms with E-state index in [4.69, 9.17) is 4.74 Å². The summed E-state index contributed by atoms with van der Waals surface area (Å²) in [6.45, 7) is 1.93. The van der Waals surface area contributed by atoms with Gasteiger partial charge in [-0.25, -0.2) is 0 Å². The number of aromatic nitrogens is 1. The summed E-state index contributed by atoms with van der Waals surface area (Å²) in [5.74, 6) is 0.645. The molecule has 0 spiro atoms. The van der Waals surface area contributed by atoms with Crippen LogP contribution < -0.4 is 10.1 Å². The maximum absolute atomic E-state index is 12.2. The maximum Gasteiger partial charge on any atom is 0.256 e. The fourth-order valence-electron chi connectivity index (χ4n) is 2.37. The second-order valence-corrected chi connectivity index (χ2v) is 4.61. The van der Waals surface area contributed by atoms with Crippen molar-refractivity contribution in [3.63, 3.8) is 0 Å². The molecule has 0 aliphatic carbocycles. The number of benzene rings is 1.